The summed E-state index contributed by atoms with van der Waals surface area (Å²) in [6.07, 6.45) is 0. The van der Waals surface area contributed by atoms with Gasteiger partial charge in [0.05, 0.1) is 12.7 Å². The van der Waals surface area contributed by atoms with E-state index in [0.29, 0.717) is 28.4 Å². The predicted octanol–water partition coefficient (Wildman–Crippen LogP) is 6.48. The smallest absolute Gasteiger partial charge is 0.259 e. The van der Waals surface area contributed by atoms with Crippen molar-refractivity contribution in [2.24, 2.45) is 0 Å². The number of nitrogens with one attached hydrogen (secondary N) is 2. The summed E-state index contributed by atoms with van der Waals surface area (Å²) in [5.41, 5.74) is 2.49. The minimum absolute atomic E-state index is 0.215. The van der Waals surface area contributed by atoms with Gasteiger partial charge in [0.1, 0.15) is 16.6 Å². The lowest BCUT2D eigenvalue weighted by molar-refractivity contribution is 0.101. The van der Waals surface area contributed by atoms with Crippen LogP contribution >= 0.6 is 11.3 Å². The maximum absolute atomic E-state index is 13.1. The van der Waals surface area contributed by atoms with Crippen molar-refractivity contribution in [1.29, 1.82) is 0 Å². The summed E-state index contributed by atoms with van der Waals surface area (Å²) in [5.74, 6) is 0.512. The van der Waals surface area contributed by atoms with E-state index in [2.05, 4.69) is 15.6 Å². The van der Waals surface area contributed by atoms with E-state index in [1.807, 2.05) is 78.9 Å². The number of carbonyl (C=O) groups excluding carboxylic acids is 2. The SMILES string of the molecule is COc1cc2ccccc2cc1C(=O)Nc1cccc(-c2nc(NC(=O)c3ccccc3)cs2)c1. The number of nitrogens with zero attached hydrogens (tertiary/aromatic N) is 1. The van der Waals surface area contributed by atoms with Gasteiger partial charge in [-0.1, -0.05) is 54.6 Å². The van der Waals surface area contributed by atoms with E-state index < -0.39 is 0 Å². The third-order valence-corrected chi connectivity index (χ3v) is 6.35. The van der Waals surface area contributed by atoms with Gasteiger partial charge in [-0.05, 0) is 47.2 Å². The lowest BCUT2D eigenvalue weighted by atomic mass is 10.1. The molecule has 35 heavy (non-hydrogen) atoms. The highest BCUT2D eigenvalue weighted by molar-refractivity contribution is 7.13. The molecule has 0 atom stereocenters. The van der Waals surface area contributed by atoms with Gasteiger partial charge in [-0.15, -0.1) is 11.3 Å². The number of ether oxygens (including phenoxy) is 1. The Morgan fingerprint density at radius 3 is 2.31 bits per heavy atom. The molecule has 0 aliphatic heterocycles. The zero-order chi connectivity index (χ0) is 24.2. The van der Waals surface area contributed by atoms with E-state index in [4.69, 9.17) is 4.74 Å². The van der Waals surface area contributed by atoms with E-state index in [1.54, 1.807) is 24.6 Å². The topological polar surface area (TPSA) is 80.3 Å². The van der Waals surface area contributed by atoms with Crippen molar-refractivity contribution < 1.29 is 14.3 Å². The summed E-state index contributed by atoms with van der Waals surface area (Å²) in [5, 5.41) is 10.3. The van der Waals surface area contributed by atoms with Crippen LogP contribution in [0.2, 0.25) is 0 Å². The molecule has 7 heteroatoms. The summed E-state index contributed by atoms with van der Waals surface area (Å²) in [6.45, 7) is 0. The Bertz CT molecular complexity index is 1530. The highest BCUT2D eigenvalue weighted by Gasteiger charge is 2.15. The second kappa shape index (κ2) is 9.79. The number of aromatic nitrogens is 1. The molecule has 172 valence electrons. The number of methoxy groups -OCH3 is 1. The third kappa shape index (κ3) is 4.90. The molecule has 0 unspecified atom stereocenters. The van der Waals surface area contributed by atoms with Gasteiger partial charge in [-0.2, -0.15) is 0 Å². The lowest BCUT2D eigenvalue weighted by Crippen LogP contribution is -2.13. The highest BCUT2D eigenvalue weighted by Crippen LogP contribution is 2.30. The van der Waals surface area contributed by atoms with Crippen molar-refractivity contribution >= 4 is 45.4 Å². The standard InChI is InChI=1S/C28H21N3O3S/c1-34-24-16-20-11-6-5-10-19(20)15-23(24)27(33)29-22-13-7-12-21(14-22)28-31-25(17-35-28)30-26(32)18-8-3-2-4-9-18/h2-17H,1H3,(H,29,33)(H,30,32). The average Bonchev–Trinajstić information content (AvgIpc) is 3.37. The number of hydrogen-bond acceptors (Lipinski definition) is 5. The van der Waals surface area contributed by atoms with Crippen LogP contribution in [-0.4, -0.2) is 23.9 Å². The minimum atomic E-state index is -0.264. The summed E-state index contributed by atoms with van der Waals surface area (Å²) >= 11 is 1.41. The number of fused-ring (bicyclic) bond motifs is 1. The second-order valence-electron chi connectivity index (χ2n) is 7.79. The van der Waals surface area contributed by atoms with Crippen molar-refractivity contribution in [3.8, 4) is 16.3 Å². The maximum atomic E-state index is 13.1. The fourth-order valence-electron chi connectivity index (χ4n) is 3.74. The van der Waals surface area contributed by atoms with Gasteiger partial charge in [-0.25, -0.2) is 4.98 Å². The van der Waals surface area contributed by atoms with E-state index in [-0.39, 0.29) is 11.8 Å². The van der Waals surface area contributed by atoms with Gasteiger partial charge < -0.3 is 15.4 Å². The summed E-state index contributed by atoms with van der Waals surface area (Å²) in [4.78, 5) is 30.0. The first-order valence-electron chi connectivity index (χ1n) is 10.9. The molecule has 2 amide bonds. The Kier molecular flexibility index (Phi) is 6.24. The molecule has 1 aromatic heterocycles. The molecule has 1 heterocycles. The Morgan fingerprint density at radius 2 is 1.54 bits per heavy atom. The summed E-state index contributed by atoms with van der Waals surface area (Å²) in [6, 6.07) is 27.9. The van der Waals surface area contributed by atoms with Crippen molar-refractivity contribution in [1.82, 2.24) is 4.98 Å². The van der Waals surface area contributed by atoms with Crippen LogP contribution in [0.15, 0.2) is 96.4 Å². The number of benzene rings is 4. The van der Waals surface area contributed by atoms with Crippen LogP contribution in [-0.2, 0) is 0 Å². The van der Waals surface area contributed by atoms with Gasteiger partial charge in [0.2, 0.25) is 0 Å². The third-order valence-electron chi connectivity index (χ3n) is 5.46. The highest BCUT2D eigenvalue weighted by atomic mass is 32.1. The van der Waals surface area contributed by atoms with Crippen molar-refractivity contribution in [2.75, 3.05) is 17.7 Å². The molecule has 2 N–H and O–H groups in total. The molecule has 6 nitrogen and oxygen atoms in total. The summed E-state index contributed by atoms with van der Waals surface area (Å²) < 4.78 is 5.47. The van der Waals surface area contributed by atoms with Crippen LogP contribution in [0.25, 0.3) is 21.3 Å². The molecule has 0 saturated heterocycles. The van der Waals surface area contributed by atoms with Crippen LogP contribution in [0, 0.1) is 0 Å². The maximum Gasteiger partial charge on any atom is 0.259 e. The predicted molar refractivity (Wildman–Crippen MR) is 140 cm³/mol. The number of rotatable bonds is 6. The van der Waals surface area contributed by atoms with E-state index >= 15 is 0 Å². The average molecular weight is 480 g/mol. The fourth-order valence-corrected chi connectivity index (χ4v) is 4.48. The van der Waals surface area contributed by atoms with Crippen LogP contribution in [0.5, 0.6) is 5.75 Å². The molecule has 4 aromatic carbocycles. The normalized spacial score (nSPS) is 10.7. The summed E-state index contributed by atoms with van der Waals surface area (Å²) in [7, 11) is 1.55. The lowest BCUT2D eigenvalue weighted by Gasteiger charge is -2.11. The number of carbonyl (C=O) groups is 2. The van der Waals surface area contributed by atoms with Crippen molar-refractivity contribution in [2.45, 2.75) is 0 Å². The van der Waals surface area contributed by atoms with Crippen molar-refractivity contribution in [3.63, 3.8) is 0 Å². The van der Waals surface area contributed by atoms with Crippen LogP contribution in [0.4, 0.5) is 11.5 Å². The monoisotopic (exact) mass is 479 g/mol. The number of hydrogen-bond donors (Lipinski definition) is 2. The number of anilines is 2. The van der Waals surface area contributed by atoms with Crippen molar-refractivity contribution in [3.05, 3.63) is 108 Å². The molecule has 0 radical (unpaired) electrons. The number of amides is 2. The second-order valence-corrected chi connectivity index (χ2v) is 8.65. The van der Waals surface area contributed by atoms with Gasteiger partial charge >= 0.3 is 0 Å². The quantitative estimate of drug-likeness (QED) is 0.292. The van der Waals surface area contributed by atoms with Gasteiger partial charge in [0.15, 0.2) is 0 Å². The first-order valence-corrected chi connectivity index (χ1v) is 11.8. The van der Waals surface area contributed by atoms with Gasteiger partial charge in [0.25, 0.3) is 11.8 Å². The van der Waals surface area contributed by atoms with E-state index in [9.17, 15) is 9.59 Å². The zero-order valence-corrected chi connectivity index (χ0v) is 19.6. The van der Waals surface area contributed by atoms with Gasteiger partial charge in [0, 0.05) is 22.2 Å². The molecule has 0 fully saturated rings. The van der Waals surface area contributed by atoms with E-state index in [0.717, 1.165) is 21.3 Å². The van der Waals surface area contributed by atoms with Crippen LogP contribution in [0.3, 0.4) is 0 Å². The molecule has 0 spiro atoms. The van der Waals surface area contributed by atoms with E-state index in [1.165, 1.54) is 11.3 Å². The Labute approximate surface area is 206 Å². The largest absolute Gasteiger partial charge is 0.496 e. The minimum Gasteiger partial charge on any atom is -0.496 e. The Balaban J connectivity index is 1.34. The molecule has 0 aliphatic rings. The molecular weight excluding hydrogens is 458 g/mol. The Morgan fingerprint density at radius 1 is 0.800 bits per heavy atom. The van der Waals surface area contributed by atoms with Gasteiger partial charge in [-0.3, -0.25) is 9.59 Å². The van der Waals surface area contributed by atoms with Crippen LogP contribution in [0.1, 0.15) is 20.7 Å². The first kappa shape index (κ1) is 22.3. The molecule has 0 bridgehead atoms. The number of thiazole rings is 1. The zero-order valence-electron chi connectivity index (χ0n) is 18.8. The Hall–Kier alpha value is -4.49. The molecule has 5 rings (SSSR count). The first-order chi connectivity index (χ1) is 17.1. The molecule has 0 saturated carbocycles. The van der Waals surface area contributed by atoms with Crippen LogP contribution < -0.4 is 15.4 Å². The fraction of sp³-hybridized carbons (Fsp3) is 0.0357. The molecule has 0 aliphatic carbocycles. The molecular formula is C28H21N3O3S. The molecule has 5 aromatic rings.